The van der Waals surface area contributed by atoms with E-state index < -0.39 is 6.10 Å². The molecule has 0 aromatic carbocycles. The van der Waals surface area contributed by atoms with Crippen molar-refractivity contribution in [2.75, 3.05) is 13.2 Å². The van der Waals surface area contributed by atoms with Crippen molar-refractivity contribution in [2.45, 2.75) is 271 Å². The van der Waals surface area contributed by atoms with Crippen LogP contribution in [-0.4, -0.2) is 37.2 Å². The van der Waals surface area contributed by atoms with Gasteiger partial charge in [0.25, 0.3) is 0 Å². The first kappa shape index (κ1) is 63.6. The van der Waals surface area contributed by atoms with Gasteiger partial charge in [-0.3, -0.25) is 14.4 Å². The Morgan fingerprint density at radius 1 is 0.328 bits per heavy atom. The number of carbonyl (C=O) groups excluding carboxylic acids is 3. The number of ether oxygens (including phenoxy) is 3. The van der Waals surface area contributed by atoms with Gasteiger partial charge >= 0.3 is 17.9 Å². The number of hydrogen-bond acceptors (Lipinski definition) is 6. The third-order valence-corrected chi connectivity index (χ3v) is 11.9. The van der Waals surface area contributed by atoms with Crippen LogP contribution in [0.2, 0.25) is 0 Å². The largest absolute Gasteiger partial charge is 0.462 e. The molecular weight excluding hydrogens is 829 g/mol. The molecule has 384 valence electrons. The van der Waals surface area contributed by atoms with Gasteiger partial charge in [-0.05, 0) is 96.3 Å². The molecule has 67 heavy (non-hydrogen) atoms. The maximum Gasteiger partial charge on any atom is 0.306 e. The molecule has 0 saturated carbocycles. The molecule has 0 aromatic rings. The van der Waals surface area contributed by atoms with Crippen LogP contribution in [0.15, 0.2) is 85.1 Å². The summed E-state index contributed by atoms with van der Waals surface area (Å²) in [7, 11) is 0. The van der Waals surface area contributed by atoms with Gasteiger partial charge in [0.15, 0.2) is 6.10 Å². The fourth-order valence-corrected chi connectivity index (χ4v) is 7.70. The van der Waals surface area contributed by atoms with E-state index >= 15 is 0 Å². The Morgan fingerprint density at radius 2 is 0.642 bits per heavy atom. The summed E-state index contributed by atoms with van der Waals surface area (Å²) in [5, 5.41) is 0. The first-order valence-electron chi connectivity index (χ1n) is 28.1. The molecule has 0 aromatic heterocycles. The standard InChI is InChI=1S/C61H104O6/c1-4-7-10-13-16-19-22-25-27-29-30-32-33-36-39-42-45-48-51-54-60(63)66-57-58(56-65-59(62)53-50-47-44-41-38-35-24-21-18-15-12-9-6-3)67-61(64)55-52-49-46-43-40-37-34-31-28-26-23-20-17-14-11-8-5-2/h9,12,15-22,24-26,28,58H,4-8,10-11,13-14,23,27,29-57H2,1-3H3/b12-9-,18-15-,19-16-,20-17-,24-21-,25-22-,28-26-. The predicted molar refractivity (Wildman–Crippen MR) is 288 cm³/mol. The summed E-state index contributed by atoms with van der Waals surface area (Å²) >= 11 is 0. The van der Waals surface area contributed by atoms with Gasteiger partial charge in [-0.1, -0.05) is 234 Å². The molecule has 6 heteroatoms. The Morgan fingerprint density at radius 3 is 1.03 bits per heavy atom. The highest BCUT2D eigenvalue weighted by Crippen LogP contribution is 2.15. The monoisotopic (exact) mass is 933 g/mol. The number of esters is 3. The van der Waals surface area contributed by atoms with Crippen LogP contribution in [0.1, 0.15) is 265 Å². The predicted octanol–water partition coefficient (Wildman–Crippen LogP) is 18.8. The van der Waals surface area contributed by atoms with Crippen molar-refractivity contribution in [1.29, 1.82) is 0 Å². The molecule has 1 unspecified atom stereocenters. The summed E-state index contributed by atoms with van der Waals surface area (Å²) in [5.41, 5.74) is 0. The van der Waals surface area contributed by atoms with E-state index in [9.17, 15) is 14.4 Å². The lowest BCUT2D eigenvalue weighted by Gasteiger charge is -2.18. The lowest BCUT2D eigenvalue weighted by Crippen LogP contribution is -2.30. The van der Waals surface area contributed by atoms with Crippen molar-refractivity contribution in [1.82, 2.24) is 0 Å². The summed E-state index contributed by atoms with van der Waals surface area (Å²) in [6, 6.07) is 0. The topological polar surface area (TPSA) is 78.9 Å². The molecule has 6 nitrogen and oxygen atoms in total. The summed E-state index contributed by atoms with van der Waals surface area (Å²) < 4.78 is 16.8. The number of allylic oxidation sites excluding steroid dienone is 14. The quantitative estimate of drug-likeness (QED) is 0.0199. The van der Waals surface area contributed by atoms with Gasteiger partial charge < -0.3 is 14.2 Å². The first-order chi connectivity index (χ1) is 33.0. The van der Waals surface area contributed by atoms with Crippen LogP contribution in [-0.2, 0) is 28.6 Å². The molecule has 0 rings (SSSR count). The molecule has 0 spiro atoms. The molecular formula is C61H104O6. The Labute approximate surface area is 414 Å². The van der Waals surface area contributed by atoms with Crippen molar-refractivity contribution in [3.63, 3.8) is 0 Å². The zero-order chi connectivity index (χ0) is 48.6. The van der Waals surface area contributed by atoms with E-state index in [2.05, 4.69) is 106 Å². The second-order valence-corrected chi connectivity index (χ2v) is 18.5. The van der Waals surface area contributed by atoms with E-state index in [1.165, 1.54) is 128 Å². The van der Waals surface area contributed by atoms with Gasteiger partial charge in [0.1, 0.15) is 13.2 Å². The normalized spacial score (nSPS) is 12.7. The van der Waals surface area contributed by atoms with E-state index in [0.717, 1.165) is 96.3 Å². The van der Waals surface area contributed by atoms with Crippen LogP contribution in [0.3, 0.4) is 0 Å². The van der Waals surface area contributed by atoms with Crippen LogP contribution in [0.25, 0.3) is 0 Å². The highest BCUT2D eigenvalue weighted by molar-refractivity contribution is 5.71. The van der Waals surface area contributed by atoms with Gasteiger partial charge in [-0.15, -0.1) is 0 Å². The Bertz CT molecular complexity index is 1300. The van der Waals surface area contributed by atoms with Gasteiger partial charge in [-0.2, -0.15) is 0 Å². The van der Waals surface area contributed by atoms with Crippen LogP contribution in [0.4, 0.5) is 0 Å². The summed E-state index contributed by atoms with van der Waals surface area (Å²) in [6.07, 6.45) is 71.4. The van der Waals surface area contributed by atoms with E-state index in [1.807, 2.05) is 0 Å². The van der Waals surface area contributed by atoms with Crippen molar-refractivity contribution in [3.8, 4) is 0 Å². The second-order valence-electron chi connectivity index (χ2n) is 18.5. The smallest absolute Gasteiger partial charge is 0.306 e. The minimum Gasteiger partial charge on any atom is -0.462 e. The molecule has 0 saturated heterocycles. The Kier molecular flexibility index (Phi) is 52.4. The zero-order valence-electron chi connectivity index (χ0n) is 43.9. The molecule has 0 radical (unpaired) electrons. The maximum atomic E-state index is 12.8. The average molecular weight is 933 g/mol. The van der Waals surface area contributed by atoms with Crippen LogP contribution < -0.4 is 0 Å². The third-order valence-electron chi connectivity index (χ3n) is 11.9. The summed E-state index contributed by atoms with van der Waals surface area (Å²) in [5.74, 6) is -0.917. The average Bonchev–Trinajstić information content (AvgIpc) is 3.33. The fraction of sp³-hybridized carbons (Fsp3) is 0.721. The first-order valence-corrected chi connectivity index (χ1v) is 28.1. The van der Waals surface area contributed by atoms with Gasteiger partial charge in [0, 0.05) is 19.3 Å². The SMILES string of the molecule is CC\C=C/C=C\C=C/CCCCCCCC(=O)OCC(COC(=O)CCCCCCCCCCCC/C=C\C=C/CCCCC)OC(=O)CCCCCCCCC/C=C\C/C=C\CCCCC. The van der Waals surface area contributed by atoms with E-state index in [-0.39, 0.29) is 31.1 Å². The fourth-order valence-electron chi connectivity index (χ4n) is 7.70. The van der Waals surface area contributed by atoms with Gasteiger partial charge in [0.05, 0.1) is 0 Å². The zero-order valence-corrected chi connectivity index (χ0v) is 43.9. The number of hydrogen-bond donors (Lipinski definition) is 0. The summed E-state index contributed by atoms with van der Waals surface area (Å²) in [6.45, 7) is 6.44. The third kappa shape index (κ3) is 53.4. The molecule has 1 atom stereocenters. The van der Waals surface area contributed by atoms with Crippen LogP contribution in [0, 0.1) is 0 Å². The van der Waals surface area contributed by atoms with Gasteiger partial charge in [-0.25, -0.2) is 0 Å². The Balaban J connectivity index is 4.40. The van der Waals surface area contributed by atoms with Crippen LogP contribution >= 0.6 is 0 Å². The molecule has 0 aliphatic carbocycles. The van der Waals surface area contributed by atoms with E-state index in [1.54, 1.807) is 0 Å². The lowest BCUT2D eigenvalue weighted by molar-refractivity contribution is -0.167. The van der Waals surface area contributed by atoms with Crippen molar-refractivity contribution >= 4 is 17.9 Å². The maximum absolute atomic E-state index is 12.8. The number of carbonyl (C=O) groups is 3. The Hall–Kier alpha value is -3.41. The van der Waals surface area contributed by atoms with Crippen molar-refractivity contribution in [2.24, 2.45) is 0 Å². The summed E-state index contributed by atoms with van der Waals surface area (Å²) in [4.78, 5) is 38.1. The van der Waals surface area contributed by atoms with E-state index in [4.69, 9.17) is 14.2 Å². The minimum absolute atomic E-state index is 0.0884. The molecule has 0 heterocycles. The molecule has 0 amide bonds. The van der Waals surface area contributed by atoms with E-state index in [0.29, 0.717) is 19.3 Å². The molecule has 0 aliphatic rings. The van der Waals surface area contributed by atoms with Gasteiger partial charge in [0.2, 0.25) is 0 Å². The molecule has 0 bridgehead atoms. The highest BCUT2D eigenvalue weighted by Gasteiger charge is 2.19. The highest BCUT2D eigenvalue weighted by atomic mass is 16.6. The lowest BCUT2D eigenvalue weighted by atomic mass is 10.1. The van der Waals surface area contributed by atoms with Crippen LogP contribution in [0.5, 0.6) is 0 Å². The number of rotatable bonds is 50. The second kappa shape index (κ2) is 55.2. The van der Waals surface area contributed by atoms with Crippen molar-refractivity contribution in [3.05, 3.63) is 85.1 Å². The molecule has 0 fully saturated rings. The molecule has 0 aliphatic heterocycles. The minimum atomic E-state index is -0.791. The van der Waals surface area contributed by atoms with Crippen molar-refractivity contribution < 1.29 is 28.6 Å². The number of unbranched alkanes of at least 4 members (excludes halogenated alkanes) is 28. The molecule has 0 N–H and O–H groups in total.